The molecule has 1 aliphatic rings. The smallest absolute Gasteiger partial charge is 0.224 e. The summed E-state index contributed by atoms with van der Waals surface area (Å²) < 4.78 is 0. The highest BCUT2D eigenvalue weighted by Crippen LogP contribution is 2.26. The SMILES string of the molecule is Nc1ccccc1CC(=O)NCCC1CCCC1. The molecule has 0 radical (unpaired) electrons. The van der Waals surface area contributed by atoms with Crippen LogP contribution in [0.1, 0.15) is 37.7 Å². The quantitative estimate of drug-likeness (QED) is 0.784. The van der Waals surface area contributed by atoms with Gasteiger partial charge in [-0.3, -0.25) is 4.79 Å². The second kappa shape index (κ2) is 6.43. The minimum atomic E-state index is 0.0749. The Morgan fingerprint density at radius 1 is 1.28 bits per heavy atom. The van der Waals surface area contributed by atoms with Crippen LogP contribution in [-0.4, -0.2) is 12.5 Å². The number of hydrogen-bond acceptors (Lipinski definition) is 2. The Morgan fingerprint density at radius 3 is 2.72 bits per heavy atom. The second-order valence-electron chi connectivity index (χ2n) is 5.16. The first-order valence-corrected chi connectivity index (χ1v) is 6.86. The van der Waals surface area contributed by atoms with E-state index in [-0.39, 0.29) is 5.91 Å². The first-order valence-electron chi connectivity index (χ1n) is 6.86. The largest absolute Gasteiger partial charge is 0.398 e. The van der Waals surface area contributed by atoms with Gasteiger partial charge < -0.3 is 11.1 Å². The number of carbonyl (C=O) groups excluding carboxylic acids is 1. The summed E-state index contributed by atoms with van der Waals surface area (Å²) in [6.07, 6.45) is 6.90. The van der Waals surface area contributed by atoms with E-state index in [0.717, 1.165) is 24.4 Å². The molecule has 0 atom stereocenters. The van der Waals surface area contributed by atoms with Crippen molar-refractivity contribution in [2.45, 2.75) is 38.5 Å². The first-order chi connectivity index (χ1) is 8.75. The van der Waals surface area contributed by atoms with Crippen LogP contribution in [0, 0.1) is 5.92 Å². The zero-order chi connectivity index (χ0) is 12.8. The number of nitrogens with one attached hydrogen (secondary N) is 1. The lowest BCUT2D eigenvalue weighted by molar-refractivity contribution is -0.120. The van der Waals surface area contributed by atoms with Crippen LogP contribution >= 0.6 is 0 Å². The van der Waals surface area contributed by atoms with Crippen LogP contribution in [0.25, 0.3) is 0 Å². The van der Waals surface area contributed by atoms with Crippen LogP contribution in [-0.2, 0) is 11.2 Å². The van der Waals surface area contributed by atoms with Crippen molar-refractivity contribution in [3.63, 3.8) is 0 Å². The molecular formula is C15H22N2O. The Bertz CT molecular complexity index is 397. The molecule has 0 bridgehead atoms. The summed E-state index contributed by atoms with van der Waals surface area (Å²) in [5.41, 5.74) is 7.43. The van der Waals surface area contributed by atoms with Gasteiger partial charge in [-0.25, -0.2) is 0 Å². The van der Waals surface area contributed by atoms with Crippen LogP contribution in [0.4, 0.5) is 5.69 Å². The maximum Gasteiger partial charge on any atom is 0.224 e. The van der Waals surface area contributed by atoms with E-state index < -0.39 is 0 Å². The van der Waals surface area contributed by atoms with Gasteiger partial charge in [0.25, 0.3) is 0 Å². The summed E-state index contributed by atoms with van der Waals surface area (Å²) in [6, 6.07) is 7.54. The van der Waals surface area contributed by atoms with E-state index in [1.807, 2.05) is 24.3 Å². The molecule has 0 aromatic heterocycles. The number of nitrogens with two attached hydrogens (primary N) is 1. The summed E-state index contributed by atoms with van der Waals surface area (Å²) in [4.78, 5) is 11.8. The van der Waals surface area contributed by atoms with Gasteiger partial charge in [-0.1, -0.05) is 43.9 Å². The Kier molecular flexibility index (Phi) is 4.62. The van der Waals surface area contributed by atoms with Gasteiger partial charge in [0.15, 0.2) is 0 Å². The predicted molar refractivity (Wildman–Crippen MR) is 74.1 cm³/mol. The highest BCUT2D eigenvalue weighted by atomic mass is 16.1. The molecule has 2 rings (SSSR count). The van der Waals surface area contributed by atoms with E-state index in [1.54, 1.807) is 0 Å². The van der Waals surface area contributed by atoms with Crippen LogP contribution in [0.3, 0.4) is 0 Å². The Hall–Kier alpha value is -1.51. The van der Waals surface area contributed by atoms with E-state index in [1.165, 1.54) is 25.7 Å². The summed E-state index contributed by atoms with van der Waals surface area (Å²) in [5.74, 6) is 0.901. The molecule has 3 N–H and O–H groups in total. The van der Waals surface area contributed by atoms with Crippen LogP contribution in [0.15, 0.2) is 24.3 Å². The lowest BCUT2D eigenvalue weighted by Gasteiger charge is -2.10. The maximum atomic E-state index is 11.8. The van der Waals surface area contributed by atoms with Gasteiger partial charge in [0, 0.05) is 12.2 Å². The molecule has 3 heteroatoms. The lowest BCUT2D eigenvalue weighted by Crippen LogP contribution is -2.27. The summed E-state index contributed by atoms with van der Waals surface area (Å²) in [5, 5.41) is 2.99. The second-order valence-corrected chi connectivity index (χ2v) is 5.16. The fraction of sp³-hybridized carbons (Fsp3) is 0.533. The van der Waals surface area contributed by atoms with Crippen LogP contribution in [0.2, 0.25) is 0 Å². The third kappa shape index (κ3) is 3.76. The third-order valence-electron chi connectivity index (χ3n) is 3.76. The molecule has 0 aliphatic heterocycles. The predicted octanol–water partition coefficient (Wildman–Crippen LogP) is 2.51. The van der Waals surface area contributed by atoms with E-state index in [0.29, 0.717) is 12.1 Å². The van der Waals surface area contributed by atoms with Crippen molar-refractivity contribution in [3.8, 4) is 0 Å². The van der Waals surface area contributed by atoms with Crippen molar-refractivity contribution >= 4 is 11.6 Å². The number of nitrogen functional groups attached to an aromatic ring is 1. The van der Waals surface area contributed by atoms with Crippen LogP contribution in [0.5, 0.6) is 0 Å². The minimum Gasteiger partial charge on any atom is -0.398 e. The Labute approximate surface area is 109 Å². The number of benzene rings is 1. The van der Waals surface area contributed by atoms with Gasteiger partial charge in [0.05, 0.1) is 6.42 Å². The topological polar surface area (TPSA) is 55.1 Å². The van der Waals surface area contributed by atoms with Gasteiger partial charge >= 0.3 is 0 Å². The van der Waals surface area contributed by atoms with Crippen molar-refractivity contribution in [2.24, 2.45) is 5.92 Å². The Morgan fingerprint density at radius 2 is 2.00 bits per heavy atom. The van der Waals surface area contributed by atoms with Gasteiger partial charge in [-0.2, -0.15) is 0 Å². The number of carbonyl (C=O) groups is 1. The fourth-order valence-corrected chi connectivity index (χ4v) is 2.65. The molecule has 1 amide bonds. The average molecular weight is 246 g/mol. The fourth-order valence-electron chi connectivity index (χ4n) is 2.65. The maximum absolute atomic E-state index is 11.8. The first kappa shape index (κ1) is 12.9. The van der Waals surface area contributed by atoms with E-state index in [4.69, 9.17) is 5.73 Å². The molecule has 1 aromatic rings. The third-order valence-corrected chi connectivity index (χ3v) is 3.76. The Balaban J connectivity index is 1.70. The zero-order valence-electron chi connectivity index (χ0n) is 10.8. The molecule has 1 aliphatic carbocycles. The van der Waals surface area contributed by atoms with Gasteiger partial charge in [-0.15, -0.1) is 0 Å². The highest BCUT2D eigenvalue weighted by Gasteiger charge is 2.14. The monoisotopic (exact) mass is 246 g/mol. The van der Waals surface area contributed by atoms with Crippen molar-refractivity contribution in [2.75, 3.05) is 12.3 Å². The summed E-state index contributed by atoms with van der Waals surface area (Å²) in [7, 11) is 0. The van der Waals surface area contributed by atoms with Gasteiger partial charge in [0.2, 0.25) is 5.91 Å². The molecule has 0 unspecified atom stereocenters. The minimum absolute atomic E-state index is 0.0749. The van der Waals surface area contributed by atoms with E-state index in [9.17, 15) is 4.79 Å². The molecule has 98 valence electrons. The molecule has 1 fully saturated rings. The normalized spacial score (nSPS) is 15.8. The van der Waals surface area contributed by atoms with E-state index >= 15 is 0 Å². The van der Waals surface area contributed by atoms with Crippen LogP contribution < -0.4 is 11.1 Å². The van der Waals surface area contributed by atoms with E-state index in [2.05, 4.69) is 5.32 Å². The molecule has 3 nitrogen and oxygen atoms in total. The molecule has 0 heterocycles. The molecule has 18 heavy (non-hydrogen) atoms. The zero-order valence-corrected chi connectivity index (χ0v) is 10.8. The molecule has 1 saturated carbocycles. The number of rotatable bonds is 5. The molecule has 0 saturated heterocycles. The molecule has 0 spiro atoms. The summed E-state index contributed by atoms with van der Waals surface area (Å²) in [6.45, 7) is 0.802. The molecular weight excluding hydrogens is 224 g/mol. The number of para-hydroxylation sites is 1. The van der Waals surface area contributed by atoms with Crippen molar-refractivity contribution in [1.82, 2.24) is 5.32 Å². The van der Waals surface area contributed by atoms with Gasteiger partial charge in [-0.05, 0) is 24.0 Å². The highest BCUT2D eigenvalue weighted by molar-refractivity contribution is 5.80. The standard InChI is InChI=1S/C15H22N2O/c16-14-8-4-3-7-13(14)11-15(18)17-10-9-12-5-1-2-6-12/h3-4,7-8,12H,1-2,5-6,9-11,16H2,(H,17,18). The van der Waals surface area contributed by atoms with Crippen molar-refractivity contribution in [3.05, 3.63) is 29.8 Å². The lowest BCUT2D eigenvalue weighted by atomic mass is 10.0. The number of anilines is 1. The number of hydrogen-bond donors (Lipinski definition) is 2. The summed E-state index contributed by atoms with van der Waals surface area (Å²) >= 11 is 0. The molecule has 1 aromatic carbocycles. The average Bonchev–Trinajstić information content (AvgIpc) is 2.85. The van der Waals surface area contributed by atoms with Crippen molar-refractivity contribution in [1.29, 1.82) is 0 Å². The number of amides is 1. The van der Waals surface area contributed by atoms with Crippen molar-refractivity contribution < 1.29 is 4.79 Å². The van der Waals surface area contributed by atoms with Gasteiger partial charge in [0.1, 0.15) is 0 Å².